The Morgan fingerprint density at radius 2 is 2.40 bits per heavy atom. The normalized spacial score (nSPS) is 14.7. The highest BCUT2D eigenvalue weighted by atomic mass is 16.3. The smallest absolute Gasteiger partial charge is 0.180 e. The van der Waals surface area contributed by atoms with E-state index < -0.39 is 0 Å². The van der Waals surface area contributed by atoms with Crippen molar-refractivity contribution in [3.63, 3.8) is 0 Å². The van der Waals surface area contributed by atoms with Gasteiger partial charge < -0.3 is 4.42 Å². The summed E-state index contributed by atoms with van der Waals surface area (Å²) < 4.78 is 19.4. The highest BCUT2D eigenvalue weighted by Gasteiger charge is 2.12. The number of oxazole rings is 1. The predicted molar refractivity (Wildman–Crippen MR) is 39.7 cm³/mol. The molecular weight excluding hydrogens is 126 g/mol. The van der Waals surface area contributed by atoms with Gasteiger partial charge in [-0.2, -0.15) is 0 Å². The summed E-state index contributed by atoms with van der Waals surface area (Å²) in [6.07, 6.45) is 0.576. The standard InChI is InChI=1S/C8H13NO/c1-8(2,3)4-7-5-9-6-10-7/h5-6H,4H2,1-3H3/i5D,6D. The Morgan fingerprint density at radius 1 is 1.70 bits per heavy atom. The lowest BCUT2D eigenvalue weighted by Crippen LogP contribution is -2.08. The summed E-state index contributed by atoms with van der Waals surface area (Å²) in [6, 6.07) is 0. The summed E-state index contributed by atoms with van der Waals surface area (Å²) in [7, 11) is 0. The van der Waals surface area contributed by atoms with Gasteiger partial charge in [-0.15, -0.1) is 0 Å². The van der Waals surface area contributed by atoms with Crippen molar-refractivity contribution >= 4 is 0 Å². The monoisotopic (exact) mass is 141 g/mol. The zero-order valence-corrected chi connectivity index (χ0v) is 6.56. The fourth-order valence-corrected chi connectivity index (χ4v) is 0.743. The van der Waals surface area contributed by atoms with Gasteiger partial charge in [-0.05, 0) is 5.41 Å². The van der Waals surface area contributed by atoms with Gasteiger partial charge in [-0.1, -0.05) is 20.8 Å². The van der Waals surface area contributed by atoms with Crippen LogP contribution in [0.25, 0.3) is 0 Å². The largest absolute Gasteiger partial charge is 0.449 e. The minimum Gasteiger partial charge on any atom is -0.449 e. The van der Waals surface area contributed by atoms with E-state index in [-0.39, 0.29) is 18.0 Å². The van der Waals surface area contributed by atoms with Crippen molar-refractivity contribution in [2.45, 2.75) is 27.2 Å². The van der Waals surface area contributed by atoms with Crippen LogP contribution in [0.2, 0.25) is 0 Å². The van der Waals surface area contributed by atoms with E-state index in [1.54, 1.807) is 0 Å². The number of hydrogen-bond donors (Lipinski definition) is 0. The molecule has 0 bridgehead atoms. The lowest BCUT2D eigenvalue weighted by Gasteiger charge is -2.14. The van der Waals surface area contributed by atoms with Gasteiger partial charge in [0.1, 0.15) is 7.13 Å². The van der Waals surface area contributed by atoms with E-state index in [0.29, 0.717) is 12.2 Å². The first kappa shape index (κ1) is 4.94. The second kappa shape index (κ2) is 2.45. The van der Waals surface area contributed by atoms with E-state index in [1.807, 2.05) is 0 Å². The zero-order chi connectivity index (χ0) is 9.35. The summed E-state index contributed by atoms with van der Waals surface area (Å²) in [5.74, 6) is 0.507. The van der Waals surface area contributed by atoms with Crippen LogP contribution in [0.15, 0.2) is 17.0 Å². The number of aromatic nitrogens is 1. The van der Waals surface area contributed by atoms with Gasteiger partial charge in [0.15, 0.2) is 6.37 Å². The number of hydrogen-bond acceptors (Lipinski definition) is 2. The van der Waals surface area contributed by atoms with Crippen LogP contribution in [0, 0.1) is 5.41 Å². The molecular formula is C8H13NO. The molecule has 0 unspecified atom stereocenters. The van der Waals surface area contributed by atoms with Crippen molar-refractivity contribution in [1.82, 2.24) is 4.98 Å². The Labute approximate surface area is 64.1 Å². The number of rotatable bonds is 1. The molecule has 0 atom stereocenters. The molecule has 2 nitrogen and oxygen atoms in total. The summed E-state index contributed by atoms with van der Waals surface area (Å²) in [4.78, 5) is 3.56. The molecule has 1 heterocycles. The van der Waals surface area contributed by atoms with E-state index in [2.05, 4.69) is 25.8 Å². The quantitative estimate of drug-likeness (QED) is 0.599. The third kappa shape index (κ3) is 2.21. The highest BCUT2D eigenvalue weighted by molar-refractivity contribution is 4.91. The molecule has 56 valence electrons. The van der Waals surface area contributed by atoms with Crippen molar-refractivity contribution < 1.29 is 7.16 Å². The maximum atomic E-state index is 7.35. The van der Waals surface area contributed by atoms with Crippen LogP contribution in [0.1, 0.15) is 29.3 Å². The average molecular weight is 141 g/mol. The molecule has 0 saturated heterocycles. The summed E-state index contributed by atoms with van der Waals surface area (Å²) in [5.41, 5.74) is 0.0712. The first-order chi connectivity index (χ1) is 5.38. The van der Waals surface area contributed by atoms with Crippen molar-refractivity contribution in [2.24, 2.45) is 5.41 Å². The molecule has 0 amide bonds. The molecule has 0 aliphatic heterocycles. The molecule has 10 heavy (non-hydrogen) atoms. The molecule has 0 aromatic carbocycles. The zero-order valence-electron chi connectivity index (χ0n) is 8.56. The van der Waals surface area contributed by atoms with Gasteiger partial charge in [0, 0.05) is 6.42 Å². The van der Waals surface area contributed by atoms with Crippen molar-refractivity contribution in [2.75, 3.05) is 0 Å². The highest BCUT2D eigenvalue weighted by Crippen LogP contribution is 2.19. The molecule has 0 aliphatic carbocycles. The SMILES string of the molecule is [2H]c1nc([2H])c(CC(C)(C)C)o1. The molecule has 1 aromatic rings. The third-order valence-electron chi connectivity index (χ3n) is 1.09. The predicted octanol–water partition coefficient (Wildman–Crippen LogP) is 2.26. The van der Waals surface area contributed by atoms with Crippen LogP contribution in [-0.2, 0) is 6.42 Å². The Morgan fingerprint density at radius 3 is 2.80 bits per heavy atom. The van der Waals surface area contributed by atoms with Crippen LogP contribution < -0.4 is 0 Å². The maximum Gasteiger partial charge on any atom is 0.180 e. The molecule has 1 aromatic heterocycles. The minimum absolute atomic E-state index is 0.0712. The first-order valence-electron chi connectivity index (χ1n) is 4.31. The van der Waals surface area contributed by atoms with Gasteiger partial charge in [0.25, 0.3) is 0 Å². The van der Waals surface area contributed by atoms with E-state index >= 15 is 0 Å². The van der Waals surface area contributed by atoms with Gasteiger partial charge in [0.2, 0.25) is 0 Å². The second-order valence-electron chi connectivity index (χ2n) is 3.58. The lowest BCUT2D eigenvalue weighted by molar-refractivity contribution is 0.362. The molecule has 0 radical (unpaired) electrons. The van der Waals surface area contributed by atoms with Crippen LogP contribution >= 0.6 is 0 Å². The van der Waals surface area contributed by atoms with E-state index in [4.69, 9.17) is 7.16 Å². The third-order valence-corrected chi connectivity index (χ3v) is 1.09. The van der Waals surface area contributed by atoms with Gasteiger partial charge in [0.05, 0.1) is 7.54 Å². The summed E-state index contributed by atoms with van der Waals surface area (Å²) in [6.45, 7) is 6.16. The topological polar surface area (TPSA) is 26.0 Å². The number of nitrogens with zero attached hydrogens (tertiary/aromatic N) is 1. The van der Waals surface area contributed by atoms with Crippen molar-refractivity contribution in [3.05, 3.63) is 18.3 Å². The fraction of sp³-hybridized carbons (Fsp3) is 0.625. The van der Waals surface area contributed by atoms with Crippen LogP contribution in [0.4, 0.5) is 0 Å². The summed E-state index contributed by atoms with van der Waals surface area (Å²) >= 11 is 0. The van der Waals surface area contributed by atoms with Crippen molar-refractivity contribution in [3.8, 4) is 0 Å². The second-order valence-corrected chi connectivity index (χ2v) is 3.58. The molecule has 0 aliphatic rings. The Kier molecular flexibility index (Phi) is 1.21. The van der Waals surface area contributed by atoms with Crippen LogP contribution in [0.5, 0.6) is 0 Å². The van der Waals surface area contributed by atoms with Gasteiger partial charge in [-0.3, -0.25) is 0 Å². The van der Waals surface area contributed by atoms with Gasteiger partial charge in [-0.25, -0.2) is 4.98 Å². The maximum absolute atomic E-state index is 7.35. The first-order valence-corrected chi connectivity index (χ1v) is 3.31. The average Bonchev–Trinajstić information content (AvgIpc) is 2.06. The molecule has 2 heteroatoms. The fourth-order valence-electron chi connectivity index (χ4n) is 0.743. The Bertz CT molecular complexity index is 275. The molecule has 0 saturated carbocycles. The van der Waals surface area contributed by atoms with E-state index in [0.717, 1.165) is 0 Å². The Balaban J connectivity index is 2.82. The van der Waals surface area contributed by atoms with Crippen LogP contribution in [0.3, 0.4) is 0 Å². The molecule has 0 spiro atoms. The molecule has 0 N–H and O–H groups in total. The van der Waals surface area contributed by atoms with Crippen LogP contribution in [-0.4, -0.2) is 4.98 Å². The van der Waals surface area contributed by atoms with E-state index in [1.165, 1.54) is 0 Å². The summed E-state index contributed by atoms with van der Waals surface area (Å²) in [5, 5.41) is 0. The minimum atomic E-state index is -0.167. The van der Waals surface area contributed by atoms with E-state index in [9.17, 15) is 0 Å². The Hall–Kier alpha value is -0.790. The lowest BCUT2D eigenvalue weighted by atomic mass is 9.91. The molecule has 1 rings (SSSR count). The molecule has 0 fully saturated rings. The van der Waals surface area contributed by atoms with Crippen molar-refractivity contribution in [1.29, 1.82) is 0 Å². The van der Waals surface area contributed by atoms with Gasteiger partial charge >= 0.3 is 0 Å².